The Bertz CT molecular complexity index is 239. The maximum atomic E-state index is 12.5. The lowest BCUT2D eigenvalue weighted by Gasteiger charge is -2.33. The standard InChI is InChI=1S/C7H6F9/c1-2-3-4(8,9)5(10,11)6(12,13)7(14,15)16/h2H,3H2,1H3. The van der Waals surface area contributed by atoms with Crippen LogP contribution in [-0.4, -0.2) is 23.9 Å². The lowest BCUT2D eigenvalue weighted by Crippen LogP contribution is -2.60. The van der Waals surface area contributed by atoms with E-state index in [9.17, 15) is 39.5 Å². The van der Waals surface area contributed by atoms with Gasteiger partial charge >= 0.3 is 23.9 Å². The van der Waals surface area contributed by atoms with Gasteiger partial charge in [-0.15, -0.1) is 0 Å². The van der Waals surface area contributed by atoms with E-state index in [0.717, 1.165) is 6.92 Å². The summed E-state index contributed by atoms with van der Waals surface area (Å²) in [7, 11) is 0. The summed E-state index contributed by atoms with van der Waals surface area (Å²) in [5, 5.41) is 0. The van der Waals surface area contributed by atoms with E-state index in [4.69, 9.17) is 0 Å². The minimum Gasteiger partial charge on any atom is -0.200 e. The SMILES string of the molecule is C[CH]CC(F)(F)C(F)(F)C(F)(F)C(F)(F)F. The Morgan fingerprint density at radius 3 is 1.38 bits per heavy atom. The second kappa shape index (κ2) is 3.99. The Labute approximate surface area is 84.4 Å². The molecule has 0 aromatic rings. The van der Waals surface area contributed by atoms with Crippen LogP contribution >= 0.6 is 0 Å². The molecule has 0 bridgehead atoms. The van der Waals surface area contributed by atoms with E-state index in [0.29, 0.717) is 6.42 Å². The molecule has 0 rings (SSSR count). The molecule has 0 N–H and O–H groups in total. The Morgan fingerprint density at radius 2 is 1.12 bits per heavy atom. The van der Waals surface area contributed by atoms with E-state index in [1.807, 2.05) is 0 Å². The summed E-state index contributed by atoms with van der Waals surface area (Å²) in [5.41, 5.74) is 0. The van der Waals surface area contributed by atoms with Crippen LogP contribution in [0.1, 0.15) is 13.3 Å². The maximum absolute atomic E-state index is 12.5. The van der Waals surface area contributed by atoms with Gasteiger partial charge in [-0.1, -0.05) is 6.92 Å². The largest absolute Gasteiger partial charge is 0.460 e. The van der Waals surface area contributed by atoms with Crippen LogP contribution in [0.4, 0.5) is 39.5 Å². The maximum Gasteiger partial charge on any atom is 0.460 e. The fourth-order valence-electron chi connectivity index (χ4n) is 0.792. The van der Waals surface area contributed by atoms with Gasteiger partial charge in [0.2, 0.25) is 0 Å². The second-order valence-electron chi connectivity index (χ2n) is 2.96. The molecule has 0 saturated heterocycles. The Morgan fingerprint density at radius 1 is 0.750 bits per heavy atom. The van der Waals surface area contributed by atoms with Gasteiger partial charge < -0.3 is 0 Å². The van der Waals surface area contributed by atoms with Crippen LogP contribution in [0, 0.1) is 6.42 Å². The van der Waals surface area contributed by atoms with Crippen molar-refractivity contribution in [2.75, 3.05) is 0 Å². The number of rotatable bonds is 4. The molecule has 9 heteroatoms. The monoisotopic (exact) mass is 261 g/mol. The van der Waals surface area contributed by atoms with Crippen molar-refractivity contribution in [3.8, 4) is 0 Å². The summed E-state index contributed by atoms with van der Waals surface area (Å²) in [6, 6.07) is 0. The van der Waals surface area contributed by atoms with Crippen molar-refractivity contribution in [1.82, 2.24) is 0 Å². The summed E-state index contributed by atoms with van der Waals surface area (Å²) < 4.78 is 109. The van der Waals surface area contributed by atoms with Gasteiger partial charge in [-0.3, -0.25) is 0 Å². The molecule has 97 valence electrons. The highest BCUT2D eigenvalue weighted by atomic mass is 19.4. The third kappa shape index (κ3) is 2.22. The Balaban J connectivity index is 5.34. The summed E-state index contributed by atoms with van der Waals surface area (Å²) in [4.78, 5) is 0. The number of hydrogen-bond donors (Lipinski definition) is 0. The summed E-state index contributed by atoms with van der Waals surface area (Å²) in [6.45, 7) is 0.829. The summed E-state index contributed by atoms with van der Waals surface area (Å²) in [6.07, 6.45) is -8.25. The molecule has 0 fully saturated rings. The van der Waals surface area contributed by atoms with Gasteiger partial charge in [-0.2, -0.15) is 39.5 Å². The first-order valence-corrected chi connectivity index (χ1v) is 3.79. The first-order valence-electron chi connectivity index (χ1n) is 3.79. The molecule has 0 unspecified atom stereocenters. The average Bonchev–Trinajstić information content (AvgIpc) is 2.01. The van der Waals surface area contributed by atoms with Crippen molar-refractivity contribution in [3.05, 3.63) is 6.42 Å². The van der Waals surface area contributed by atoms with Gasteiger partial charge in [0, 0.05) is 6.42 Å². The van der Waals surface area contributed by atoms with Crippen LogP contribution < -0.4 is 0 Å². The van der Waals surface area contributed by atoms with Crippen LogP contribution in [0.15, 0.2) is 0 Å². The van der Waals surface area contributed by atoms with Crippen molar-refractivity contribution >= 4 is 0 Å². The minimum atomic E-state index is -6.79. The molecule has 0 aliphatic rings. The van der Waals surface area contributed by atoms with Crippen molar-refractivity contribution in [1.29, 1.82) is 0 Å². The zero-order valence-electron chi connectivity index (χ0n) is 7.69. The molecule has 0 aromatic heterocycles. The van der Waals surface area contributed by atoms with E-state index in [2.05, 4.69) is 0 Å². The highest BCUT2D eigenvalue weighted by Gasteiger charge is 2.81. The summed E-state index contributed by atoms with van der Waals surface area (Å²) >= 11 is 0. The number of alkyl halides is 9. The quantitative estimate of drug-likeness (QED) is 0.669. The Hall–Kier alpha value is -0.630. The number of hydrogen-bond acceptors (Lipinski definition) is 0. The van der Waals surface area contributed by atoms with E-state index in [1.54, 1.807) is 0 Å². The normalized spacial score (nSPS) is 15.4. The molecular formula is C7H6F9. The molecule has 0 atom stereocenters. The minimum absolute atomic E-state index is 0.375. The average molecular weight is 261 g/mol. The summed E-state index contributed by atoms with van der Waals surface area (Å²) in [5.74, 6) is -18.8. The third-order valence-corrected chi connectivity index (χ3v) is 1.67. The van der Waals surface area contributed by atoms with Gasteiger partial charge in [0.1, 0.15) is 0 Å². The highest BCUT2D eigenvalue weighted by Crippen LogP contribution is 2.54. The molecular weight excluding hydrogens is 255 g/mol. The van der Waals surface area contributed by atoms with Crippen LogP contribution in [0.5, 0.6) is 0 Å². The molecule has 1 radical (unpaired) electrons. The molecule has 0 spiro atoms. The van der Waals surface area contributed by atoms with E-state index < -0.39 is 30.4 Å². The van der Waals surface area contributed by atoms with Gasteiger partial charge in [0.15, 0.2) is 0 Å². The zero-order valence-corrected chi connectivity index (χ0v) is 7.69. The van der Waals surface area contributed by atoms with Crippen LogP contribution in [0.2, 0.25) is 0 Å². The Kier molecular flexibility index (Phi) is 3.83. The van der Waals surface area contributed by atoms with E-state index >= 15 is 0 Å². The molecule has 16 heavy (non-hydrogen) atoms. The predicted octanol–water partition coefficient (Wildman–Crippen LogP) is 4.07. The van der Waals surface area contributed by atoms with Crippen molar-refractivity contribution < 1.29 is 39.5 Å². The van der Waals surface area contributed by atoms with Crippen molar-refractivity contribution in [2.45, 2.75) is 37.3 Å². The second-order valence-corrected chi connectivity index (χ2v) is 2.96. The zero-order chi connectivity index (χ0) is 13.4. The fourth-order valence-corrected chi connectivity index (χ4v) is 0.792. The molecule has 0 saturated carbocycles. The van der Waals surface area contributed by atoms with Crippen LogP contribution in [0.3, 0.4) is 0 Å². The topological polar surface area (TPSA) is 0 Å². The van der Waals surface area contributed by atoms with E-state index in [-0.39, 0.29) is 0 Å². The fraction of sp³-hybridized carbons (Fsp3) is 0.857. The third-order valence-electron chi connectivity index (χ3n) is 1.67. The molecule has 0 aliphatic heterocycles. The lowest BCUT2D eigenvalue weighted by molar-refractivity contribution is -0.395. The molecule has 0 aliphatic carbocycles. The molecule has 0 heterocycles. The first kappa shape index (κ1) is 15.4. The molecule has 0 amide bonds. The van der Waals surface area contributed by atoms with Crippen LogP contribution in [0.25, 0.3) is 0 Å². The van der Waals surface area contributed by atoms with Crippen molar-refractivity contribution in [3.63, 3.8) is 0 Å². The smallest absolute Gasteiger partial charge is 0.200 e. The lowest BCUT2D eigenvalue weighted by atomic mass is 10.0. The van der Waals surface area contributed by atoms with E-state index in [1.165, 1.54) is 0 Å². The highest BCUT2D eigenvalue weighted by molar-refractivity contribution is 5.01. The van der Waals surface area contributed by atoms with Gasteiger partial charge in [0.25, 0.3) is 0 Å². The van der Waals surface area contributed by atoms with Gasteiger partial charge in [-0.05, 0) is 6.42 Å². The van der Waals surface area contributed by atoms with Crippen LogP contribution in [-0.2, 0) is 0 Å². The van der Waals surface area contributed by atoms with Crippen molar-refractivity contribution in [2.24, 2.45) is 0 Å². The number of halogens is 9. The van der Waals surface area contributed by atoms with Gasteiger partial charge in [0.05, 0.1) is 0 Å². The molecule has 0 nitrogen and oxygen atoms in total. The predicted molar refractivity (Wildman–Crippen MR) is 35.5 cm³/mol. The first-order chi connectivity index (χ1) is 6.81. The van der Waals surface area contributed by atoms with Gasteiger partial charge in [-0.25, -0.2) is 0 Å². The molecule has 0 aromatic carbocycles.